The van der Waals surface area contributed by atoms with E-state index in [1.165, 1.54) is 5.69 Å². The van der Waals surface area contributed by atoms with Gasteiger partial charge in [-0.05, 0) is 39.7 Å². The molecule has 0 spiro atoms. The highest BCUT2D eigenvalue weighted by Crippen LogP contribution is 2.41. The van der Waals surface area contributed by atoms with Gasteiger partial charge in [0.25, 0.3) is 0 Å². The molecule has 0 saturated carbocycles. The van der Waals surface area contributed by atoms with Crippen LogP contribution in [0.4, 0.5) is 5.13 Å². The molecule has 1 atom stereocenters. The van der Waals surface area contributed by atoms with Crippen LogP contribution in [0.25, 0.3) is 16.1 Å². The second-order valence-corrected chi connectivity index (χ2v) is 9.11. The predicted octanol–water partition coefficient (Wildman–Crippen LogP) is 5.25. The molecule has 1 unspecified atom stereocenters. The van der Waals surface area contributed by atoms with Crippen molar-refractivity contribution in [3.63, 3.8) is 0 Å². The maximum Gasteiger partial charge on any atom is 0.187 e. The Morgan fingerprint density at radius 1 is 1.28 bits per heavy atom. The lowest BCUT2D eigenvalue weighted by Crippen LogP contribution is -2.41. The van der Waals surface area contributed by atoms with Gasteiger partial charge in [0.15, 0.2) is 10.8 Å². The van der Waals surface area contributed by atoms with Gasteiger partial charge in [0.1, 0.15) is 5.15 Å². The van der Waals surface area contributed by atoms with Crippen molar-refractivity contribution >= 4 is 33.7 Å². The Kier molecular flexibility index (Phi) is 5.82. The first-order valence-corrected chi connectivity index (χ1v) is 11.5. The van der Waals surface area contributed by atoms with Crippen LogP contribution in [-0.4, -0.2) is 45.4 Å². The number of aromatic nitrogens is 4. The number of aryl methyl sites for hydroxylation is 2. The van der Waals surface area contributed by atoms with Crippen LogP contribution in [0.5, 0.6) is 0 Å². The molecule has 0 bridgehead atoms. The summed E-state index contributed by atoms with van der Waals surface area (Å²) in [5.74, 6) is 0.452. The van der Waals surface area contributed by atoms with Crippen LogP contribution in [0, 0.1) is 13.8 Å². The number of rotatable bonds is 5. The Balaban J connectivity index is 1.84. The largest absolute Gasteiger partial charge is 0.375 e. The first kappa shape index (κ1) is 20.6. The highest BCUT2D eigenvalue weighted by Gasteiger charge is 2.26. The molecule has 3 aromatic rings. The fourth-order valence-electron chi connectivity index (χ4n) is 4.11. The van der Waals surface area contributed by atoms with E-state index in [1.807, 2.05) is 18.4 Å². The summed E-state index contributed by atoms with van der Waals surface area (Å²) < 4.78 is 7.68. The van der Waals surface area contributed by atoms with Gasteiger partial charge in [-0.15, -0.1) is 0 Å². The molecule has 156 valence electrons. The predicted molar refractivity (Wildman–Crippen MR) is 120 cm³/mol. The lowest BCUT2D eigenvalue weighted by molar-refractivity contribution is 0.0532. The van der Waals surface area contributed by atoms with Gasteiger partial charge < -0.3 is 9.64 Å². The number of hydrogen-bond donors (Lipinski definition) is 0. The second-order valence-electron chi connectivity index (χ2n) is 7.78. The van der Waals surface area contributed by atoms with Crippen molar-refractivity contribution < 1.29 is 4.74 Å². The normalized spacial score (nSPS) is 17.6. The molecular weight excluding hydrogens is 406 g/mol. The van der Waals surface area contributed by atoms with Crippen LogP contribution in [0.1, 0.15) is 56.6 Å². The van der Waals surface area contributed by atoms with Crippen LogP contribution in [0.15, 0.2) is 6.07 Å². The Morgan fingerprint density at radius 2 is 2.03 bits per heavy atom. The average Bonchev–Trinajstić information content (AvgIpc) is 3.21. The molecular formula is C21H28ClN5OS. The third kappa shape index (κ3) is 3.76. The summed E-state index contributed by atoms with van der Waals surface area (Å²) in [6.07, 6.45) is 2.34. The van der Waals surface area contributed by atoms with E-state index in [4.69, 9.17) is 26.4 Å². The van der Waals surface area contributed by atoms with Crippen LogP contribution in [0.3, 0.4) is 0 Å². The quantitative estimate of drug-likeness (QED) is 0.549. The van der Waals surface area contributed by atoms with E-state index < -0.39 is 0 Å². The smallest absolute Gasteiger partial charge is 0.187 e. The van der Waals surface area contributed by atoms with E-state index in [0.29, 0.717) is 17.7 Å². The van der Waals surface area contributed by atoms with Crippen LogP contribution < -0.4 is 4.90 Å². The Morgan fingerprint density at radius 3 is 2.72 bits per heavy atom. The zero-order valence-electron chi connectivity index (χ0n) is 17.7. The third-order valence-electron chi connectivity index (χ3n) is 5.64. The molecule has 1 fully saturated rings. The highest BCUT2D eigenvalue weighted by molar-refractivity contribution is 7.19. The minimum absolute atomic E-state index is 0.195. The van der Waals surface area contributed by atoms with Crippen LogP contribution in [-0.2, 0) is 4.74 Å². The van der Waals surface area contributed by atoms with Gasteiger partial charge in [0, 0.05) is 30.4 Å². The lowest BCUT2D eigenvalue weighted by atomic mass is 9.98. The summed E-state index contributed by atoms with van der Waals surface area (Å²) in [7, 11) is 0. The second kappa shape index (κ2) is 8.20. The number of hydrogen-bond acceptors (Lipinski definition) is 6. The fourth-order valence-corrected chi connectivity index (χ4v) is 5.53. The van der Waals surface area contributed by atoms with Crippen molar-refractivity contribution in [3.05, 3.63) is 28.3 Å². The molecule has 4 rings (SSSR count). The summed E-state index contributed by atoms with van der Waals surface area (Å²) in [6, 6.07) is 2.16. The highest BCUT2D eigenvalue weighted by atomic mass is 35.5. The summed E-state index contributed by atoms with van der Waals surface area (Å²) in [5, 5.41) is 6.32. The number of halogens is 1. The SMILES string of the molecule is CCC(CC)c1cc(C)nc2c(-c3sc(N4CCOC(C)C4)nc3Cl)c(C)nn12. The number of nitrogens with zero attached hydrogens (tertiary/aromatic N) is 5. The maximum absolute atomic E-state index is 6.64. The van der Waals surface area contributed by atoms with Gasteiger partial charge in [0.05, 0.1) is 28.8 Å². The minimum atomic E-state index is 0.195. The summed E-state index contributed by atoms with van der Waals surface area (Å²) >= 11 is 8.26. The van der Waals surface area contributed by atoms with Gasteiger partial charge in [-0.1, -0.05) is 36.8 Å². The van der Waals surface area contributed by atoms with Gasteiger partial charge in [0.2, 0.25) is 0 Å². The first-order chi connectivity index (χ1) is 13.9. The number of anilines is 1. The van der Waals surface area contributed by atoms with E-state index in [9.17, 15) is 0 Å². The third-order valence-corrected chi connectivity index (χ3v) is 7.16. The van der Waals surface area contributed by atoms with Crippen molar-refractivity contribution in [2.45, 2.75) is 59.5 Å². The average molecular weight is 434 g/mol. The summed E-state index contributed by atoms with van der Waals surface area (Å²) in [5.41, 5.74) is 5.02. The Labute approximate surface area is 180 Å². The molecule has 4 heterocycles. The number of fused-ring (bicyclic) bond motifs is 1. The topological polar surface area (TPSA) is 55.5 Å². The monoisotopic (exact) mass is 433 g/mol. The molecule has 0 amide bonds. The molecule has 1 aliphatic rings. The van der Waals surface area contributed by atoms with Gasteiger partial charge in [-0.25, -0.2) is 14.5 Å². The maximum atomic E-state index is 6.64. The fraction of sp³-hybridized carbons (Fsp3) is 0.571. The zero-order chi connectivity index (χ0) is 20.7. The van der Waals surface area contributed by atoms with Gasteiger partial charge >= 0.3 is 0 Å². The van der Waals surface area contributed by atoms with Crippen molar-refractivity contribution in [2.24, 2.45) is 0 Å². The number of thiazole rings is 1. The first-order valence-electron chi connectivity index (χ1n) is 10.3. The molecule has 0 aliphatic carbocycles. The Bertz CT molecular complexity index is 1030. The zero-order valence-corrected chi connectivity index (χ0v) is 19.3. The number of morpholine rings is 1. The van der Waals surface area contributed by atoms with Crippen molar-refractivity contribution in [2.75, 3.05) is 24.6 Å². The van der Waals surface area contributed by atoms with E-state index >= 15 is 0 Å². The minimum Gasteiger partial charge on any atom is -0.375 e. The summed E-state index contributed by atoms with van der Waals surface area (Å²) in [4.78, 5) is 12.7. The van der Waals surface area contributed by atoms with E-state index in [-0.39, 0.29) is 6.10 Å². The van der Waals surface area contributed by atoms with Gasteiger partial charge in [-0.2, -0.15) is 5.10 Å². The molecule has 0 aromatic carbocycles. The molecule has 1 aliphatic heterocycles. The lowest BCUT2D eigenvalue weighted by Gasteiger charge is -2.30. The summed E-state index contributed by atoms with van der Waals surface area (Å²) in [6.45, 7) is 13.0. The van der Waals surface area contributed by atoms with Crippen molar-refractivity contribution in [1.29, 1.82) is 0 Å². The molecule has 8 heteroatoms. The Hall–Kier alpha value is -1.70. The van der Waals surface area contributed by atoms with Crippen molar-refractivity contribution in [3.8, 4) is 10.4 Å². The van der Waals surface area contributed by atoms with Crippen LogP contribution in [0.2, 0.25) is 5.15 Å². The standard InChI is InChI=1S/C21H28ClN5OS/c1-6-15(7-2)16-10-12(3)23-20-17(14(5)25-27(16)20)18-19(22)24-21(29-18)26-8-9-28-13(4)11-26/h10,13,15H,6-9,11H2,1-5H3. The molecule has 3 aromatic heterocycles. The molecule has 0 radical (unpaired) electrons. The van der Waals surface area contributed by atoms with E-state index in [1.54, 1.807) is 11.3 Å². The van der Waals surface area contributed by atoms with E-state index in [0.717, 1.165) is 58.5 Å². The van der Waals surface area contributed by atoms with Crippen molar-refractivity contribution in [1.82, 2.24) is 19.6 Å². The molecule has 29 heavy (non-hydrogen) atoms. The molecule has 0 N–H and O–H groups in total. The van der Waals surface area contributed by atoms with Crippen LogP contribution >= 0.6 is 22.9 Å². The number of ether oxygens (including phenoxy) is 1. The van der Waals surface area contributed by atoms with E-state index in [2.05, 4.69) is 36.7 Å². The molecule has 1 saturated heterocycles. The van der Waals surface area contributed by atoms with Gasteiger partial charge in [-0.3, -0.25) is 0 Å². The molecule has 6 nitrogen and oxygen atoms in total.